The number of H-pyrrole nitrogens is 1. The van der Waals surface area contributed by atoms with Crippen LogP contribution in [0.1, 0.15) is 27.0 Å². The molecule has 5 rings (SSSR count). The number of aliphatic imine (C=N–C) groups is 1. The number of carboxylic acid groups (broad SMARTS) is 1. The molecule has 7 nitrogen and oxygen atoms in total. The molecule has 3 aromatic carbocycles. The number of alkyl halides is 3. The zero-order chi connectivity index (χ0) is 26.2. The van der Waals surface area contributed by atoms with E-state index in [-0.39, 0.29) is 41.6 Å². The molecule has 11 heteroatoms. The molecular weight excluding hydrogens is 492 g/mol. The molecule has 0 radical (unpaired) electrons. The highest BCUT2D eigenvalue weighted by atomic mass is 19.4. The smallest absolute Gasteiger partial charge is 0.416 e. The van der Waals surface area contributed by atoms with E-state index in [1.165, 1.54) is 30.3 Å². The second-order valence-electron chi connectivity index (χ2n) is 8.24. The highest BCUT2D eigenvalue weighted by Crippen LogP contribution is 2.32. The molecule has 0 aliphatic carbocycles. The molecule has 0 bridgehead atoms. The van der Waals surface area contributed by atoms with Crippen molar-refractivity contribution in [2.24, 2.45) is 4.99 Å². The number of halogens is 4. The van der Waals surface area contributed by atoms with Crippen LogP contribution in [0, 0.1) is 5.82 Å². The lowest BCUT2D eigenvalue weighted by Crippen LogP contribution is -2.25. The largest absolute Gasteiger partial charge is 0.478 e. The van der Waals surface area contributed by atoms with Gasteiger partial charge in [-0.2, -0.15) is 13.2 Å². The summed E-state index contributed by atoms with van der Waals surface area (Å²) in [5.41, 5.74) is 1.97. The topological polar surface area (TPSA) is 99.6 Å². The van der Waals surface area contributed by atoms with Gasteiger partial charge in [0, 0.05) is 6.20 Å². The minimum absolute atomic E-state index is 0.124. The van der Waals surface area contributed by atoms with Gasteiger partial charge in [0.1, 0.15) is 18.2 Å². The Labute approximate surface area is 207 Å². The van der Waals surface area contributed by atoms with Gasteiger partial charge in [0.2, 0.25) is 0 Å². The summed E-state index contributed by atoms with van der Waals surface area (Å²) in [7, 11) is 0. The number of carboxylic acids is 1. The first-order valence-corrected chi connectivity index (χ1v) is 11.0. The summed E-state index contributed by atoms with van der Waals surface area (Å²) < 4.78 is 59.5. The maximum Gasteiger partial charge on any atom is 0.416 e. The van der Waals surface area contributed by atoms with Crippen LogP contribution >= 0.6 is 0 Å². The van der Waals surface area contributed by atoms with Gasteiger partial charge in [-0.3, -0.25) is 0 Å². The van der Waals surface area contributed by atoms with Gasteiger partial charge in [-0.15, -0.1) is 0 Å². The monoisotopic (exact) mass is 510 g/mol. The number of aromatic nitrogens is 2. The van der Waals surface area contributed by atoms with Crippen molar-refractivity contribution in [1.82, 2.24) is 15.3 Å². The Morgan fingerprint density at radius 2 is 1.84 bits per heavy atom. The van der Waals surface area contributed by atoms with Gasteiger partial charge in [-0.25, -0.2) is 19.2 Å². The van der Waals surface area contributed by atoms with Crippen molar-refractivity contribution in [2.45, 2.75) is 12.8 Å². The van der Waals surface area contributed by atoms with Gasteiger partial charge < -0.3 is 20.1 Å². The summed E-state index contributed by atoms with van der Waals surface area (Å²) in [5.74, 6) is -1.48. The summed E-state index contributed by atoms with van der Waals surface area (Å²) in [6, 6.07) is 14.1. The molecule has 0 amide bonds. The van der Waals surface area contributed by atoms with Crippen LogP contribution in [0.4, 0.5) is 17.6 Å². The normalized spacial score (nSPS) is 13.6. The van der Waals surface area contributed by atoms with E-state index in [1.54, 1.807) is 24.4 Å². The number of imidazole rings is 1. The number of hydrogen-bond acceptors (Lipinski definition) is 5. The van der Waals surface area contributed by atoms with Crippen molar-refractivity contribution in [2.75, 3.05) is 6.54 Å². The Morgan fingerprint density at radius 1 is 1.05 bits per heavy atom. The quantitative estimate of drug-likeness (QED) is 0.304. The lowest BCUT2D eigenvalue weighted by atomic mass is 10.0. The van der Waals surface area contributed by atoms with Crippen molar-refractivity contribution < 1.29 is 32.2 Å². The molecule has 1 aromatic heterocycles. The van der Waals surface area contributed by atoms with Gasteiger partial charge in [0.25, 0.3) is 6.02 Å². The van der Waals surface area contributed by atoms with Gasteiger partial charge in [-0.05, 0) is 59.2 Å². The minimum atomic E-state index is -4.49. The van der Waals surface area contributed by atoms with E-state index in [0.29, 0.717) is 16.7 Å². The Morgan fingerprint density at radius 3 is 2.49 bits per heavy atom. The maximum absolute atomic E-state index is 15.0. The van der Waals surface area contributed by atoms with Gasteiger partial charge in [0.15, 0.2) is 0 Å². The zero-order valence-corrected chi connectivity index (χ0v) is 18.9. The average Bonchev–Trinajstić information content (AvgIpc) is 3.30. The van der Waals surface area contributed by atoms with Crippen molar-refractivity contribution in [3.05, 3.63) is 94.9 Å². The van der Waals surface area contributed by atoms with E-state index in [9.17, 15) is 22.4 Å². The highest BCUT2D eigenvalue weighted by Gasteiger charge is 2.30. The molecule has 0 atom stereocenters. The van der Waals surface area contributed by atoms with E-state index < -0.39 is 23.5 Å². The fourth-order valence-electron chi connectivity index (χ4n) is 3.77. The molecule has 0 unspecified atom stereocenters. The van der Waals surface area contributed by atoms with Crippen LogP contribution in [0.25, 0.3) is 28.0 Å². The van der Waals surface area contributed by atoms with Crippen molar-refractivity contribution in [1.29, 1.82) is 0 Å². The van der Waals surface area contributed by atoms with Crippen LogP contribution in [0.2, 0.25) is 0 Å². The van der Waals surface area contributed by atoms with Crippen molar-refractivity contribution in [3.8, 4) is 11.4 Å². The number of rotatable bonds is 5. The lowest BCUT2D eigenvalue weighted by molar-refractivity contribution is -0.137. The molecule has 3 N–H and O–H groups in total. The van der Waals surface area contributed by atoms with Crippen LogP contribution in [-0.4, -0.2) is 33.6 Å². The Kier molecular flexibility index (Phi) is 6.12. The first-order chi connectivity index (χ1) is 17.7. The number of fused-ring (bicyclic) bond motifs is 1. The molecule has 1 aliphatic heterocycles. The second-order valence-corrected chi connectivity index (χ2v) is 8.24. The molecule has 0 fully saturated rings. The Hall–Kier alpha value is -4.67. The van der Waals surface area contributed by atoms with E-state index in [2.05, 4.69) is 20.3 Å². The Balaban J connectivity index is 1.25. The summed E-state index contributed by atoms with van der Waals surface area (Å²) in [6.45, 7) is 0.407. The van der Waals surface area contributed by atoms with Crippen LogP contribution in [0.15, 0.2) is 71.9 Å². The molecule has 37 heavy (non-hydrogen) atoms. The number of nitrogens with one attached hydrogen (secondary N) is 2. The third kappa shape index (κ3) is 5.15. The van der Waals surface area contributed by atoms with Crippen LogP contribution in [-0.2, 0) is 17.5 Å². The number of ether oxygens (including phenoxy) is 1. The van der Waals surface area contributed by atoms with Crippen LogP contribution in [0.3, 0.4) is 0 Å². The molecular formula is C26H18F4N4O3. The highest BCUT2D eigenvalue weighted by molar-refractivity contribution is 5.87. The number of benzene rings is 3. The lowest BCUT2D eigenvalue weighted by Gasteiger charge is -2.16. The molecule has 0 saturated carbocycles. The van der Waals surface area contributed by atoms with E-state index in [0.717, 1.165) is 17.7 Å². The van der Waals surface area contributed by atoms with E-state index in [4.69, 9.17) is 9.84 Å². The fraction of sp³-hybridized carbons (Fsp3) is 0.115. The third-order valence-corrected chi connectivity index (χ3v) is 5.74. The minimum Gasteiger partial charge on any atom is -0.478 e. The first kappa shape index (κ1) is 24.0. The predicted molar refractivity (Wildman–Crippen MR) is 128 cm³/mol. The number of amidine groups is 1. The Bertz CT molecular complexity index is 1560. The summed E-state index contributed by atoms with van der Waals surface area (Å²) in [5, 5.41) is 11.9. The summed E-state index contributed by atoms with van der Waals surface area (Å²) >= 11 is 0. The molecule has 4 aromatic rings. The number of aromatic amines is 1. The molecule has 1 aliphatic rings. The number of nitrogens with zero attached hydrogens (tertiary/aromatic N) is 2. The maximum atomic E-state index is 15.0. The van der Waals surface area contributed by atoms with E-state index >= 15 is 0 Å². The van der Waals surface area contributed by atoms with Gasteiger partial charge >= 0.3 is 12.1 Å². The zero-order valence-electron chi connectivity index (χ0n) is 18.9. The van der Waals surface area contributed by atoms with Gasteiger partial charge in [0.05, 0.1) is 34.3 Å². The predicted octanol–water partition coefficient (Wildman–Crippen LogP) is 5.60. The van der Waals surface area contributed by atoms with Crippen LogP contribution < -0.4 is 5.32 Å². The second kappa shape index (κ2) is 9.41. The van der Waals surface area contributed by atoms with Gasteiger partial charge in [-0.1, -0.05) is 18.2 Å². The molecule has 2 heterocycles. The summed E-state index contributed by atoms with van der Waals surface area (Å²) in [4.78, 5) is 22.2. The number of carbonyl (C=O) groups is 1. The first-order valence-electron chi connectivity index (χ1n) is 11.0. The molecule has 0 saturated heterocycles. The molecule has 188 valence electrons. The standard InChI is InChI=1S/C26H18F4N4O3/c27-20-9-16(5-7-19(20)23-33-21-8-6-18(26(28,29)30)10-22(21)34-23)17-11-31-25(32-12-17)37-13-14-1-3-15(4-2-14)24(35)36/h1-11H,12-13H2,(H,31,32)(H,33,34)(H,35,36). The number of hydrogen-bond donors (Lipinski definition) is 3. The third-order valence-electron chi connectivity index (χ3n) is 5.74. The van der Waals surface area contributed by atoms with Crippen molar-refractivity contribution in [3.63, 3.8) is 0 Å². The summed E-state index contributed by atoms with van der Waals surface area (Å²) in [6.07, 6.45) is -2.85. The van der Waals surface area contributed by atoms with Crippen LogP contribution in [0.5, 0.6) is 0 Å². The van der Waals surface area contributed by atoms with Crippen molar-refractivity contribution >= 4 is 28.6 Å². The van der Waals surface area contributed by atoms with E-state index in [1.807, 2.05) is 0 Å². The fourth-order valence-corrected chi connectivity index (χ4v) is 3.77. The molecule has 0 spiro atoms. The average molecular weight is 510 g/mol. The number of aromatic carboxylic acids is 1. The SMILES string of the molecule is O=C(O)c1ccc(COC2=NCC(c3ccc(-c4nc5ccc(C(F)(F)F)cc5[nH]4)c(F)c3)=CN2)cc1.